The summed E-state index contributed by atoms with van der Waals surface area (Å²) in [7, 11) is 0. The van der Waals surface area contributed by atoms with Crippen LogP contribution in [0.2, 0.25) is 0 Å². The van der Waals surface area contributed by atoms with Gasteiger partial charge in [0.2, 0.25) is 0 Å². The highest BCUT2D eigenvalue weighted by atomic mass is 14.2. The molecule has 4 aromatic rings. The van der Waals surface area contributed by atoms with Gasteiger partial charge in [0.1, 0.15) is 0 Å². The van der Waals surface area contributed by atoms with Crippen molar-refractivity contribution in [1.29, 1.82) is 0 Å². The van der Waals surface area contributed by atoms with E-state index in [1.54, 1.807) is 11.1 Å². The molecule has 0 unspecified atom stereocenters. The fourth-order valence-corrected chi connectivity index (χ4v) is 6.14. The first kappa shape index (κ1) is 21.4. The Labute approximate surface area is 204 Å². The Morgan fingerprint density at radius 3 is 1.38 bits per heavy atom. The predicted octanol–water partition coefficient (Wildman–Crippen LogP) is 9.75. The molecule has 0 atom stereocenters. The van der Waals surface area contributed by atoms with E-state index in [2.05, 4.69) is 84.9 Å². The lowest BCUT2D eigenvalue weighted by Gasteiger charge is -2.22. The highest BCUT2D eigenvalue weighted by molar-refractivity contribution is 6.08. The van der Waals surface area contributed by atoms with Crippen molar-refractivity contribution in [2.24, 2.45) is 0 Å². The fraction of sp³-hybridized carbons (Fsp3) is 0.294. The Morgan fingerprint density at radius 1 is 0.471 bits per heavy atom. The van der Waals surface area contributed by atoms with Gasteiger partial charge in [-0.2, -0.15) is 0 Å². The zero-order chi connectivity index (χ0) is 22.7. The highest BCUT2D eigenvalue weighted by Gasteiger charge is 2.19. The van der Waals surface area contributed by atoms with Gasteiger partial charge in [0, 0.05) is 0 Å². The SMILES string of the molecule is C1=C(Cc2ccc3ccccc3c2-c2c(CC3=CCCCC3)ccc3ccccc23)CCCC1. The van der Waals surface area contributed by atoms with Crippen molar-refractivity contribution >= 4 is 21.5 Å². The molecule has 0 saturated heterocycles. The molecule has 2 aliphatic carbocycles. The van der Waals surface area contributed by atoms with E-state index in [1.165, 1.54) is 95.2 Å². The lowest BCUT2D eigenvalue weighted by Crippen LogP contribution is -2.02. The quantitative estimate of drug-likeness (QED) is 0.270. The largest absolute Gasteiger partial charge is 0.0850 e. The summed E-state index contributed by atoms with van der Waals surface area (Å²) in [4.78, 5) is 0. The first-order chi connectivity index (χ1) is 16.9. The molecular weight excluding hydrogens is 408 g/mol. The van der Waals surface area contributed by atoms with Gasteiger partial charge in [-0.25, -0.2) is 0 Å². The summed E-state index contributed by atoms with van der Waals surface area (Å²) in [6.07, 6.45) is 17.5. The number of hydrogen-bond acceptors (Lipinski definition) is 0. The minimum Gasteiger partial charge on any atom is -0.0850 e. The number of allylic oxidation sites excluding steroid dienone is 4. The molecule has 0 amide bonds. The summed E-state index contributed by atoms with van der Waals surface area (Å²) in [6, 6.07) is 27.5. The summed E-state index contributed by atoms with van der Waals surface area (Å²) in [5.41, 5.74) is 9.16. The van der Waals surface area contributed by atoms with Gasteiger partial charge in [-0.1, -0.05) is 96.1 Å². The van der Waals surface area contributed by atoms with Gasteiger partial charge in [-0.3, -0.25) is 0 Å². The molecule has 2 aliphatic rings. The van der Waals surface area contributed by atoms with Crippen LogP contribution < -0.4 is 0 Å². The lowest BCUT2D eigenvalue weighted by atomic mass is 9.82. The molecular formula is C34H34. The third-order valence-corrected chi connectivity index (χ3v) is 7.89. The van der Waals surface area contributed by atoms with E-state index >= 15 is 0 Å². The molecule has 0 nitrogen and oxygen atoms in total. The maximum Gasteiger partial charge on any atom is -0.00607 e. The van der Waals surface area contributed by atoms with Gasteiger partial charge in [0.05, 0.1) is 0 Å². The van der Waals surface area contributed by atoms with Crippen molar-refractivity contribution in [2.75, 3.05) is 0 Å². The Kier molecular flexibility index (Phi) is 6.06. The normalized spacial score (nSPS) is 16.5. The molecule has 6 rings (SSSR count). The van der Waals surface area contributed by atoms with Crippen molar-refractivity contribution in [3.63, 3.8) is 0 Å². The van der Waals surface area contributed by atoms with Gasteiger partial charge >= 0.3 is 0 Å². The van der Waals surface area contributed by atoms with Crippen LogP contribution in [0.3, 0.4) is 0 Å². The maximum absolute atomic E-state index is 2.51. The molecule has 0 aliphatic heterocycles. The van der Waals surface area contributed by atoms with Crippen LogP contribution in [0.5, 0.6) is 0 Å². The summed E-state index contributed by atoms with van der Waals surface area (Å²) < 4.78 is 0. The van der Waals surface area contributed by atoms with Crippen LogP contribution in [-0.2, 0) is 12.8 Å². The molecule has 0 aromatic heterocycles. The average Bonchev–Trinajstić information content (AvgIpc) is 2.90. The van der Waals surface area contributed by atoms with E-state index in [1.807, 2.05) is 0 Å². The summed E-state index contributed by atoms with van der Waals surface area (Å²) in [6.45, 7) is 0. The molecule has 0 radical (unpaired) electrons. The average molecular weight is 443 g/mol. The van der Waals surface area contributed by atoms with Crippen molar-refractivity contribution in [3.8, 4) is 11.1 Å². The highest BCUT2D eigenvalue weighted by Crippen LogP contribution is 2.41. The van der Waals surface area contributed by atoms with Gasteiger partial charge < -0.3 is 0 Å². The molecule has 170 valence electrons. The lowest BCUT2D eigenvalue weighted by molar-refractivity contribution is 0.688. The van der Waals surface area contributed by atoms with Crippen LogP contribution >= 0.6 is 0 Å². The minimum atomic E-state index is 1.07. The van der Waals surface area contributed by atoms with Crippen LogP contribution in [0.25, 0.3) is 32.7 Å². The number of fused-ring (bicyclic) bond motifs is 2. The van der Waals surface area contributed by atoms with Crippen LogP contribution in [0.4, 0.5) is 0 Å². The van der Waals surface area contributed by atoms with Crippen LogP contribution in [-0.4, -0.2) is 0 Å². The summed E-state index contributed by atoms with van der Waals surface area (Å²) in [5.74, 6) is 0. The number of hydrogen-bond donors (Lipinski definition) is 0. The summed E-state index contributed by atoms with van der Waals surface area (Å²) in [5, 5.41) is 5.47. The third kappa shape index (κ3) is 4.23. The monoisotopic (exact) mass is 442 g/mol. The Morgan fingerprint density at radius 2 is 0.941 bits per heavy atom. The first-order valence-electron chi connectivity index (χ1n) is 13.2. The first-order valence-corrected chi connectivity index (χ1v) is 13.2. The Balaban J connectivity index is 1.61. The standard InChI is InChI=1S/C34H34/c1-3-11-25(12-4-1)23-29-21-19-27-15-7-9-17-31(27)33(29)34-30(24-26-13-5-2-6-14-26)22-20-28-16-8-10-18-32(28)34/h7-11,13,15-22H,1-6,12,14,23-24H2. The van der Waals surface area contributed by atoms with Crippen molar-refractivity contribution in [3.05, 3.63) is 107 Å². The molecule has 0 saturated carbocycles. The van der Waals surface area contributed by atoms with Crippen molar-refractivity contribution in [1.82, 2.24) is 0 Å². The van der Waals surface area contributed by atoms with Crippen LogP contribution in [0.15, 0.2) is 96.1 Å². The van der Waals surface area contributed by atoms with E-state index in [-0.39, 0.29) is 0 Å². The smallest absolute Gasteiger partial charge is 0.00607 e. The topological polar surface area (TPSA) is 0 Å². The zero-order valence-electron chi connectivity index (χ0n) is 20.2. The summed E-state index contributed by atoms with van der Waals surface area (Å²) >= 11 is 0. The molecule has 0 heterocycles. The van der Waals surface area contributed by atoms with Crippen molar-refractivity contribution in [2.45, 2.75) is 64.2 Å². The third-order valence-electron chi connectivity index (χ3n) is 7.89. The van der Waals surface area contributed by atoms with Gasteiger partial charge in [-0.05, 0) is 108 Å². The molecule has 0 heteroatoms. The number of benzene rings is 4. The zero-order valence-corrected chi connectivity index (χ0v) is 20.2. The Hall–Kier alpha value is -3.12. The van der Waals surface area contributed by atoms with Gasteiger partial charge in [0.25, 0.3) is 0 Å². The minimum absolute atomic E-state index is 1.07. The molecule has 0 fully saturated rings. The van der Waals surface area contributed by atoms with Gasteiger partial charge in [0.15, 0.2) is 0 Å². The predicted molar refractivity (Wildman–Crippen MR) is 147 cm³/mol. The van der Waals surface area contributed by atoms with Crippen molar-refractivity contribution < 1.29 is 0 Å². The van der Waals surface area contributed by atoms with E-state index < -0.39 is 0 Å². The Bertz CT molecular complexity index is 1290. The molecule has 0 N–H and O–H groups in total. The second-order valence-corrected chi connectivity index (χ2v) is 10.2. The van der Waals surface area contributed by atoms with E-state index in [0.717, 1.165) is 12.8 Å². The van der Waals surface area contributed by atoms with Gasteiger partial charge in [-0.15, -0.1) is 0 Å². The number of rotatable bonds is 5. The fourth-order valence-electron chi connectivity index (χ4n) is 6.14. The van der Waals surface area contributed by atoms with E-state index in [4.69, 9.17) is 0 Å². The second-order valence-electron chi connectivity index (χ2n) is 10.2. The second kappa shape index (κ2) is 9.63. The molecule has 0 bridgehead atoms. The van der Waals surface area contributed by atoms with Crippen LogP contribution in [0, 0.1) is 0 Å². The van der Waals surface area contributed by atoms with E-state index in [9.17, 15) is 0 Å². The molecule has 4 aromatic carbocycles. The van der Waals surface area contributed by atoms with Crippen LogP contribution in [0.1, 0.15) is 62.5 Å². The molecule has 34 heavy (non-hydrogen) atoms. The maximum atomic E-state index is 2.51. The van der Waals surface area contributed by atoms with E-state index in [0.29, 0.717) is 0 Å². The molecule has 0 spiro atoms.